The minimum absolute atomic E-state index is 0.314. The molecule has 0 saturated carbocycles. The molecule has 0 heterocycles. The Kier molecular flexibility index (Phi) is 5.26. The second-order valence-corrected chi connectivity index (χ2v) is 5.54. The van der Waals surface area contributed by atoms with Crippen LogP contribution in [0.2, 0.25) is 0 Å². The van der Waals surface area contributed by atoms with Crippen LogP contribution in [0.1, 0.15) is 27.2 Å². The summed E-state index contributed by atoms with van der Waals surface area (Å²) in [5.74, 6) is 1.11. The van der Waals surface area contributed by atoms with Gasteiger partial charge in [-0.2, -0.15) is 0 Å². The maximum Gasteiger partial charge on any atom is 0.166 e. The molecule has 0 N–H and O–H groups in total. The Bertz CT molecular complexity index is 339. The Morgan fingerprint density at radius 3 is 2.56 bits per heavy atom. The van der Waals surface area contributed by atoms with Crippen LogP contribution in [0.3, 0.4) is 0 Å². The molecule has 0 bridgehead atoms. The van der Waals surface area contributed by atoms with Gasteiger partial charge in [-0.25, -0.2) is 4.39 Å². The minimum atomic E-state index is -0.314. The molecular weight excluding hydrogens is 271 g/mol. The Balaban J connectivity index is 2.48. The SMILES string of the molecule is CC(C)CC(C)COc1ccc(Br)cc1F. The zero-order chi connectivity index (χ0) is 12.1. The van der Waals surface area contributed by atoms with Gasteiger partial charge >= 0.3 is 0 Å². The first-order valence-corrected chi connectivity index (χ1v) is 6.36. The molecule has 90 valence electrons. The van der Waals surface area contributed by atoms with Crippen LogP contribution in [0.15, 0.2) is 22.7 Å². The maximum absolute atomic E-state index is 13.4. The fraction of sp³-hybridized carbons (Fsp3) is 0.538. The zero-order valence-corrected chi connectivity index (χ0v) is 11.6. The molecule has 1 aromatic rings. The van der Waals surface area contributed by atoms with Crippen molar-refractivity contribution in [1.29, 1.82) is 0 Å². The fourth-order valence-electron chi connectivity index (χ4n) is 1.70. The first-order chi connectivity index (χ1) is 7.49. The number of hydrogen-bond acceptors (Lipinski definition) is 1. The lowest BCUT2D eigenvalue weighted by molar-refractivity contribution is 0.230. The molecule has 0 aliphatic heterocycles. The van der Waals surface area contributed by atoms with E-state index in [9.17, 15) is 4.39 Å². The highest BCUT2D eigenvalue weighted by Gasteiger charge is 2.08. The second kappa shape index (κ2) is 6.24. The number of hydrogen-bond donors (Lipinski definition) is 0. The smallest absolute Gasteiger partial charge is 0.166 e. The van der Waals surface area contributed by atoms with E-state index in [0.29, 0.717) is 24.2 Å². The third-order valence-corrected chi connectivity index (χ3v) is 2.78. The predicted molar refractivity (Wildman–Crippen MR) is 68.2 cm³/mol. The Morgan fingerprint density at radius 2 is 2.00 bits per heavy atom. The van der Waals surface area contributed by atoms with Crippen LogP contribution < -0.4 is 4.74 Å². The van der Waals surface area contributed by atoms with Gasteiger partial charge in [0, 0.05) is 4.47 Å². The molecule has 0 spiro atoms. The van der Waals surface area contributed by atoms with E-state index in [1.807, 2.05) is 0 Å². The molecule has 0 aliphatic rings. The lowest BCUT2D eigenvalue weighted by atomic mass is 10.00. The Morgan fingerprint density at radius 1 is 1.31 bits per heavy atom. The molecule has 1 unspecified atom stereocenters. The Labute approximate surface area is 105 Å². The van der Waals surface area contributed by atoms with Gasteiger partial charge in [0.25, 0.3) is 0 Å². The summed E-state index contributed by atoms with van der Waals surface area (Å²) < 4.78 is 19.6. The van der Waals surface area contributed by atoms with Crippen LogP contribution in [0.25, 0.3) is 0 Å². The number of rotatable bonds is 5. The number of halogens is 2. The normalized spacial score (nSPS) is 12.9. The summed E-state index contributed by atoms with van der Waals surface area (Å²) in [7, 11) is 0. The molecule has 0 fully saturated rings. The van der Waals surface area contributed by atoms with E-state index in [4.69, 9.17) is 4.74 Å². The molecule has 1 nitrogen and oxygen atoms in total. The van der Waals surface area contributed by atoms with Crippen molar-refractivity contribution in [3.8, 4) is 5.75 Å². The van der Waals surface area contributed by atoms with Crippen molar-refractivity contribution in [2.45, 2.75) is 27.2 Å². The van der Waals surface area contributed by atoms with E-state index in [2.05, 4.69) is 36.7 Å². The molecule has 1 rings (SSSR count). The van der Waals surface area contributed by atoms with Crippen LogP contribution in [0, 0.1) is 17.7 Å². The summed E-state index contributed by atoms with van der Waals surface area (Å²) in [5, 5.41) is 0. The van der Waals surface area contributed by atoms with Crippen molar-refractivity contribution >= 4 is 15.9 Å². The molecule has 0 amide bonds. The summed E-state index contributed by atoms with van der Waals surface area (Å²) in [6, 6.07) is 4.86. The minimum Gasteiger partial charge on any atom is -0.490 e. The van der Waals surface area contributed by atoms with Crippen LogP contribution in [-0.2, 0) is 0 Å². The fourth-order valence-corrected chi connectivity index (χ4v) is 2.03. The number of ether oxygens (including phenoxy) is 1. The summed E-state index contributed by atoms with van der Waals surface area (Å²) in [4.78, 5) is 0. The predicted octanol–water partition coefficient (Wildman–Crippen LogP) is 4.65. The quantitative estimate of drug-likeness (QED) is 0.766. The van der Waals surface area contributed by atoms with Gasteiger partial charge in [-0.1, -0.05) is 36.7 Å². The zero-order valence-electron chi connectivity index (χ0n) is 9.97. The van der Waals surface area contributed by atoms with Crippen molar-refractivity contribution in [3.05, 3.63) is 28.5 Å². The molecule has 3 heteroatoms. The van der Waals surface area contributed by atoms with E-state index in [1.165, 1.54) is 6.07 Å². The molecule has 0 radical (unpaired) electrons. The highest BCUT2D eigenvalue weighted by Crippen LogP contribution is 2.22. The van der Waals surface area contributed by atoms with Crippen molar-refractivity contribution in [1.82, 2.24) is 0 Å². The van der Waals surface area contributed by atoms with Crippen LogP contribution in [-0.4, -0.2) is 6.61 Å². The van der Waals surface area contributed by atoms with Gasteiger partial charge in [0.2, 0.25) is 0 Å². The highest BCUT2D eigenvalue weighted by molar-refractivity contribution is 9.10. The van der Waals surface area contributed by atoms with E-state index in [-0.39, 0.29) is 5.82 Å². The highest BCUT2D eigenvalue weighted by atomic mass is 79.9. The third kappa shape index (κ3) is 4.52. The average molecular weight is 289 g/mol. The summed E-state index contributed by atoms with van der Waals surface area (Å²) >= 11 is 3.21. The summed E-state index contributed by atoms with van der Waals surface area (Å²) in [6.07, 6.45) is 1.10. The van der Waals surface area contributed by atoms with Crippen LogP contribution >= 0.6 is 15.9 Å². The van der Waals surface area contributed by atoms with Crippen molar-refractivity contribution in [2.24, 2.45) is 11.8 Å². The second-order valence-electron chi connectivity index (χ2n) is 4.62. The van der Waals surface area contributed by atoms with Crippen molar-refractivity contribution in [3.63, 3.8) is 0 Å². The number of benzene rings is 1. The van der Waals surface area contributed by atoms with E-state index in [0.717, 1.165) is 10.9 Å². The van der Waals surface area contributed by atoms with Gasteiger partial charge in [-0.3, -0.25) is 0 Å². The van der Waals surface area contributed by atoms with Crippen LogP contribution in [0.5, 0.6) is 5.75 Å². The lowest BCUT2D eigenvalue weighted by Crippen LogP contribution is -2.11. The van der Waals surface area contributed by atoms with Gasteiger partial charge < -0.3 is 4.74 Å². The van der Waals surface area contributed by atoms with Gasteiger partial charge in [0.1, 0.15) is 0 Å². The van der Waals surface area contributed by atoms with Crippen molar-refractivity contribution < 1.29 is 9.13 Å². The molecule has 1 aromatic carbocycles. The van der Waals surface area contributed by atoms with Gasteiger partial charge in [-0.05, 0) is 36.5 Å². The Hall–Kier alpha value is -0.570. The maximum atomic E-state index is 13.4. The lowest BCUT2D eigenvalue weighted by Gasteiger charge is -2.15. The standard InChI is InChI=1S/C13H18BrFO/c1-9(2)6-10(3)8-16-13-5-4-11(14)7-12(13)15/h4-5,7,9-10H,6,8H2,1-3H3. The van der Waals surface area contributed by atoms with Gasteiger partial charge in [0.15, 0.2) is 11.6 Å². The molecule has 0 saturated heterocycles. The largest absolute Gasteiger partial charge is 0.490 e. The summed E-state index contributed by atoms with van der Waals surface area (Å²) in [6.45, 7) is 7.04. The molecule has 0 aromatic heterocycles. The summed E-state index contributed by atoms with van der Waals surface area (Å²) in [5.41, 5.74) is 0. The van der Waals surface area contributed by atoms with E-state index >= 15 is 0 Å². The van der Waals surface area contributed by atoms with E-state index < -0.39 is 0 Å². The first-order valence-electron chi connectivity index (χ1n) is 5.57. The molecular formula is C13H18BrFO. The van der Waals surface area contributed by atoms with Crippen LogP contribution in [0.4, 0.5) is 4.39 Å². The monoisotopic (exact) mass is 288 g/mol. The third-order valence-electron chi connectivity index (χ3n) is 2.29. The molecule has 16 heavy (non-hydrogen) atoms. The molecule has 1 atom stereocenters. The first kappa shape index (κ1) is 13.5. The van der Waals surface area contributed by atoms with E-state index in [1.54, 1.807) is 12.1 Å². The van der Waals surface area contributed by atoms with Gasteiger partial charge in [0.05, 0.1) is 6.61 Å². The topological polar surface area (TPSA) is 9.23 Å². The van der Waals surface area contributed by atoms with Crippen molar-refractivity contribution in [2.75, 3.05) is 6.61 Å². The van der Waals surface area contributed by atoms with Gasteiger partial charge in [-0.15, -0.1) is 0 Å². The molecule has 0 aliphatic carbocycles. The average Bonchev–Trinajstić information content (AvgIpc) is 2.15.